The van der Waals surface area contributed by atoms with Crippen LogP contribution in [0.1, 0.15) is 60.8 Å². The highest BCUT2D eigenvalue weighted by Gasteiger charge is 2.70. The van der Waals surface area contributed by atoms with Gasteiger partial charge in [-0.3, -0.25) is 0 Å². The molecule has 0 spiro atoms. The zero-order valence-corrected chi connectivity index (χ0v) is 15.6. The monoisotopic (exact) mass is 364 g/mol. The molecule has 0 saturated heterocycles. The number of carbonyl (C=O) groups is 1. The zero-order chi connectivity index (χ0) is 19.4. The van der Waals surface area contributed by atoms with Gasteiger partial charge in [-0.05, 0) is 51.4 Å². The Balaban J connectivity index is 2.40. The Bertz CT molecular complexity index is 575. The van der Waals surface area contributed by atoms with Gasteiger partial charge >= 0.3 is 12.3 Å². The summed E-state index contributed by atoms with van der Waals surface area (Å²) in [7, 11) is 0. The molecule has 1 N–H and O–H groups in total. The predicted octanol–water partition coefficient (Wildman–Crippen LogP) is 4.31. The van der Waals surface area contributed by atoms with E-state index in [0.717, 1.165) is 0 Å². The number of amides is 1. The maximum atomic E-state index is 13.8. The zero-order valence-electron chi connectivity index (χ0n) is 15.6. The van der Waals surface area contributed by atoms with Gasteiger partial charge in [0.2, 0.25) is 0 Å². The van der Waals surface area contributed by atoms with Crippen molar-refractivity contribution in [1.29, 1.82) is 0 Å². The van der Waals surface area contributed by atoms with Crippen LogP contribution in [0, 0.1) is 17.3 Å². The number of aliphatic hydroxyl groups is 1. The summed E-state index contributed by atoms with van der Waals surface area (Å²) in [6, 6.07) is 0. The van der Waals surface area contributed by atoms with E-state index in [1.54, 1.807) is 20.8 Å². The van der Waals surface area contributed by atoms with E-state index in [2.05, 4.69) is 5.10 Å². The fourth-order valence-corrected chi connectivity index (χ4v) is 3.49. The maximum Gasteiger partial charge on any atom is 0.439 e. The lowest BCUT2D eigenvalue weighted by Crippen LogP contribution is -2.62. The molecular formula is C17H27F3N2O3. The third-order valence-corrected chi connectivity index (χ3v) is 4.92. The highest BCUT2D eigenvalue weighted by Crippen LogP contribution is 2.52. The van der Waals surface area contributed by atoms with Gasteiger partial charge in [0.1, 0.15) is 5.60 Å². The van der Waals surface area contributed by atoms with Gasteiger partial charge in [-0.2, -0.15) is 23.3 Å². The van der Waals surface area contributed by atoms with Crippen molar-refractivity contribution in [1.82, 2.24) is 5.01 Å². The normalized spacial score (nSPS) is 30.8. The fraction of sp³-hybridized carbons (Fsp3) is 0.882. The first-order valence-corrected chi connectivity index (χ1v) is 8.47. The van der Waals surface area contributed by atoms with Crippen LogP contribution in [0.5, 0.6) is 0 Å². The van der Waals surface area contributed by atoms with Gasteiger partial charge in [-0.1, -0.05) is 20.8 Å². The summed E-state index contributed by atoms with van der Waals surface area (Å²) < 4.78 is 46.5. The van der Waals surface area contributed by atoms with E-state index in [-0.39, 0.29) is 28.5 Å². The number of alkyl halides is 3. The molecule has 2 aliphatic rings. The minimum Gasteiger partial charge on any atom is -0.442 e. The number of fused-ring (bicyclic) bond motifs is 1. The highest BCUT2D eigenvalue weighted by molar-refractivity contribution is 5.92. The van der Waals surface area contributed by atoms with Crippen molar-refractivity contribution in [2.45, 2.75) is 78.3 Å². The minimum absolute atomic E-state index is 0.0103. The molecule has 8 heteroatoms. The third kappa shape index (κ3) is 3.64. The first kappa shape index (κ1) is 20.0. The molecule has 0 aromatic heterocycles. The largest absolute Gasteiger partial charge is 0.442 e. The number of hydrazone groups is 1. The van der Waals surface area contributed by atoms with Gasteiger partial charge in [0.25, 0.3) is 5.72 Å². The molecule has 1 aliphatic heterocycles. The molecule has 1 saturated carbocycles. The number of ether oxygens (including phenoxy) is 1. The van der Waals surface area contributed by atoms with E-state index in [9.17, 15) is 23.1 Å². The van der Waals surface area contributed by atoms with Gasteiger partial charge in [0.15, 0.2) is 0 Å². The quantitative estimate of drug-likeness (QED) is 0.697. The molecule has 0 unspecified atom stereocenters. The predicted molar refractivity (Wildman–Crippen MR) is 86.8 cm³/mol. The van der Waals surface area contributed by atoms with E-state index in [0.29, 0.717) is 12.8 Å². The Morgan fingerprint density at radius 2 is 1.80 bits per heavy atom. The lowest BCUT2D eigenvalue weighted by Gasteiger charge is -2.42. The summed E-state index contributed by atoms with van der Waals surface area (Å²) in [5.74, 6) is -1.28. The molecule has 3 atom stereocenters. The Morgan fingerprint density at radius 1 is 1.24 bits per heavy atom. The van der Waals surface area contributed by atoms with Gasteiger partial charge in [-0.25, -0.2) is 4.79 Å². The van der Waals surface area contributed by atoms with Crippen molar-refractivity contribution in [3.05, 3.63) is 0 Å². The van der Waals surface area contributed by atoms with Crippen LogP contribution in [0.15, 0.2) is 5.10 Å². The first-order chi connectivity index (χ1) is 11.1. The second kappa shape index (κ2) is 5.86. The number of carbonyl (C=O) groups excluding carboxylic acids is 1. The molecule has 144 valence electrons. The van der Waals surface area contributed by atoms with Crippen LogP contribution >= 0.6 is 0 Å². The van der Waals surface area contributed by atoms with Gasteiger partial charge < -0.3 is 9.84 Å². The van der Waals surface area contributed by atoms with Gasteiger partial charge in [0.05, 0.1) is 5.92 Å². The number of rotatable bonds is 0. The molecule has 2 rings (SSSR count). The first-order valence-electron chi connectivity index (χ1n) is 8.47. The number of hydrogen-bond donors (Lipinski definition) is 1. The summed E-state index contributed by atoms with van der Waals surface area (Å²) in [5, 5.41) is 14.6. The molecule has 1 amide bonds. The van der Waals surface area contributed by atoms with Crippen molar-refractivity contribution in [2.75, 3.05) is 0 Å². The fourth-order valence-electron chi connectivity index (χ4n) is 3.49. The van der Waals surface area contributed by atoms with E-state index in [1.165, 1.54) is 0 Å². The highest BCUT2D eigenvalue weighted by atomic mass is 19.4. The van der Waals surface area contributed by atoms with Crippen molar-refractivity contribution < 1.29 is 27.8 Å². The molecular weight excluding hydrogens is 337 g/mol. The Hall–Kier alpha value is -1.31. The summed E-state index contributed by atoms with van der Waals surface area (Å²) in [6.07, 6.45) is -5.21. The average Bonchev–Trinajstić information content (AvgIpc) is 2.70. The molecule has 1 fully saturated rings. The van der Waals surface area contributed by atoms with Crippen molar-refractivity contribution in [2.24, 2.45) is 22.4 Å². The van der Waals surface area contributed by atoms with Crippen LogP contribution in [-0.4, -0.2) is 39.4 Å². The molecule has 1 heterocycles. The Labute approximate surface area is 146 Å². The van der Waals surface area contributed by atoms with Crippen LogP contribution in [0.3, 0.4) is 0 Å². The standard InChI is InChI=1S/C17H27F3N2O3/c1-14(2,3)10-7-8-12-11(9-10)16(24,17(18,19)20)22(21-12)13(23)25-15(4,5)6/h10-11,24H,7-9H2,1-6H3/t10-,11-,16-/m0/s1. The van der Waals surface area contributed by atoms with E-state index < -0.39 is 29.5 Å². The Morgan fingerprint density at radius 3 is 2.24 bits per heavy atom. The van der Waals surface area contributed by atoms with E-state index in [4.69, 9.17) is 4.74 Å². The van der Waals surface area contributed by atoms with Crippen LogP contribution < -0.4 is 0 Å². The second-order valence-electron chi connectivity index (χ2n) is 9.00. The van der Waals surface area contributed by atoms with Crippen molar-refractivity contribution in [3.63, 3.8) is 0 Å². The van der Waals surface area contributed by atoms with Crippen LogP contribution in [-0.2, 0) is 4.74 Å². The molecule has 5 nitrogen and oxygen atoms in total. The smallest absolute Gasteiger partial charge is 0.439 e. The number of hydrogen-bond acceptors (Lipinski definition) is 4. The van der Waals surface area contributed by atoms with Crippen LogP contribution in [0.4, 0.5) is 18.0 Å². The summed E-state index contributed by atoms with van der Waals surface area (Å²) in [6.45, 7) is 10.5. The Kier molecular flexibility index (Phi) is 4.69. The molecule has 1 aliphatic carbocycles. The third-order valence-electron chi connectivity index (χ3n) is 4.92. The summed E-state index contributed by atoms with van der Waals surface area (Å²) in [4.78, 5) is 12.3. The lowest BCUT2D eigenvalue weighted by atomic mass is 9.66. The van der Waals surface area contributed by atoms with E-state index >= 15 is 0 Å². The lowest BCUT2D eigenvalue weighted by molar-refractivity contribution is -0.317. The second-order valence-corrected chi connectivity index (χ2v) is 9.00. The summed E-state index contributed by atoms with van der Waals surface area (Å²) >= 11 is 0. The van der Waals surface area contributed by atoms with Gasteiger partial charge in [0, 0.05) is 5.71 Å². The molecule has 25 heavy (non-hydrogen) atoms. The number of halogens is 3. The van der Waals surface area contributed by atoms with Crippen LogP contribution in [0.25, 0.3) is 0 Å². The van der Waals surface area contributed by atoms with E-state index in [1.807, 2.05) is 20.8 Å². The SMILES string of the molecule is CC(C)(C)OC(=O)N1N=C2CC[C@H](C(C)(C)C)C[C@@H]2[C@]1(O)C(F)(F)F. The van der Waals surface area contributed by atoms with Crippen molar-refractivity contribution >= 4 is 11.8 Å². The topological polar surface area (TPSA) is 62.1 Å². The van der Waals surface area contributed by atoms with Crippen LogP contribution in [0.2, 0.25) is 0 Å². The molecule has 0 aromatic carbocycles. The minimum atomic E-state index is -5.04. The molecule has 0 bridgehead atoms. The summed E-state index contributed by atoms with van der Waals surface area (Å²) in [5.41, 5.74) is -4.34. The number of nitrogens with zero attached hydrogens (tertiary/aromatic N) is 2. The van der Waals surface area contributed by atoms with Crippen molar-refractivity contribution in [3.8, 4) is 0 Å². The average molecular weight is 364 g/mol. The maximum absolute atomic E-state index is 13.8. The molecule has 0 radical (unpaired) electrons. The molecule has 0 aromatic rings. The van der Waals surface area contributed by atoms with Gasteiger partial charge in [-0.15, -0.1) is 0 Å².